The summed E-state index contributed by atoms with van der Waals surface area (Å²) in [5.74, 6) is -3.91. The molecule has 0 radical (unpaired) electrons. The first-order valence-electron chi connectivity index (χ1n) is 10.0. The van der Waals surface area contributed by atoms with Crippen molar-refractivity contribution in [1.82, 2.24) is 9.97 Å². The third-order valence-electron chi connectivity index (χ3n) is 6.20. The number of hydrogen-bond donors (Lipinski definition) is 3. The number of aliphatic hydroxyl groups excluding tert-OH is 2. The molecule has 1 aliphatic carbocycles. The minimum Gasteiger partial charge on any atom is -0.467 e. The fourth-order valence-electron chi connectivity index (χ4n) is 4.02. The van der Waals surface area contributed by atoms with E-state index in [1.54, 1.807) is 12.1 Å². The molecule has 2 aliphatic rings. The number of halogens is 3. The number of aliphatic hydroxyl groups is 2. The predicted octanol–water partition coefficient (Wildman–Crippen LogP) is 3.17. The molecule has 1 saturated heterocycles. The van der Waals surface area contributed by atoms with Crippen LogP contribution in [-0.2, 0) is 10.2 Å². The molecular formula is C22H21F3N2O4. The first kappa shape index (κ1) is 20.3. The van der Waals surface area contributed by atoms with Crippen molar-refractivity contribution in [3.63, 3.8) is 0 Å². The first-order chi connectivity index (χ1) is 14.9. The van der Waals surface area contributed by atoms with Gasteiger partial charge in [0.05, 0.1) is 30.9 Å². The van der Waals surface area contributed by atoms with Crippen LogP contribution in [-0.4, -0.2) is 58.1 Å². The van der Waals surface area contributed by atoms with Gasteiger partial charge in [-0.3, -0.25) is 0 Å². The second-order valence-corrected chi connectivity index (χ2v) is 8.19. The second-order valence-electron chi connectivity index (χ2n) is 8.19. The van der Waals surface area contributed by atoms with E-state index in [1.807, 2.05) is 12.1 Å². The monoisotopic (exact) mass is 434 g/mol. The molecule has 1 aromatic carbocycles. The SMILES string of the molecule is OC[C@H]1OC[C@@H](Oc2cc3nc(-c4ccc(C5(CO)CC5)cc4)c(F)cc3[nH]2)C1(F)F. The van der Waals surface area contributed by atoms with Gasteiger partial charge in [0, 0.05) is 23.1 Å². The highest BCUT2D eigenvalue weighted by Crippen LogP contribution is 2.48. The number of rotatable bonds is 6. The normalized spacial score (nSPS) is 23.9. The smallest absolute Gasteiger partial charge is 0.314 e. The third-order valence-corrected chi connectivity index (χ3v) is 6.20. The average Bonchev–Trinajstić information content (AvgIpc) is 3.39. The summed E-state index contributed by atoms with van der Waals surface area (Å²) >= 11 is 0. The number of aromatic nitrogens is 2. The Kier molecular flexibility index (Phi) is 4.72. The van der Waals surface area contributed by atoms with Gasteiger partial charge in [0.1, 0.15) is 11.8 Å². The van der Waals surface area contributed by atoms with Crippen LogP contribution in [0.15, 0.2) is 36.4 Å². The fraction of sp³-hybridized carbons (Fsp3) is 0.409. The summed E-state index contributed by atoms with van der Waals surface area (Å²) in [5.41, 5.74) is 2.22. The Morgan fingerprint density at radius 2 is 1.90 bits per heavy atom. The van der Waals surface area contributed by atoms with E-state index in [4.69, 9.17) is 14.6 Å². The van der Waals surface area contributed by atoms with Crippen molar-refractivity contribution < 1.29 is 32.9 Å². The fourth-order valence-corrected chi connectivity index (χ4v) is 4.02. The summed E-state index contributed by atoms with van der Waals surface area (Å²) < 4.78 is 53.3. The zero-order chi connectivity index (χ0) is 21.8. The molecule has 9 heteroatoms. The zero-order valence-corrected chi connectivity index (χ0v) is 16.4. The van der Waals surface area contributed by atoms with Crippen molar-refractivity contribution >= 4 is 11.0 Å². The van der Waals surface area contributed by atoms with Crippen LogP contribution in [0, 0.1) is 5.82 Å². The molecule has 1 saturated carbocycles. The van der Waals surface area contributed by atoms with Crippen molar-refractivity contribution in [3.05, 3.63) is 47.8 Å². The standard InChI is InChI=1S/C22H21F3N2O4/c23-14-7-15-16(8-19(26-15)31-18-10-30-17(9-28)22(18,24)25)27-20(14)12-1-3-13(4-2-12)21(11-29)5-6-21/h1-4,7-8,17-18,26,28-29H,5-6,9-11H2/t17-,18-/m1/s1. The number of benzene rings is 1. The molecule has 0 amide bonds. The van der Waals surface area contributed by atoms with E-state index in [0.717, 1.165) is 18.4 Å². The Bertz CT molecular complexity index is 1110. The van der Waals surface area contributed by atoms with Gasteiger partial charge in [-0.05, 0) is 18.4 Å². The van der Waals surface area contributed by atoms with E-state index in [0.29, 0.717) is 16.6 Å². The zero-order valence-electron chi connectivity index (χ0n) is 16.4. The van der Waals surface area contributed by atoms with Crippen LogP contribution in [0.5, 0.6) is 5.88 Å². The number of ether oxygens (including phenoxy) is 2. The van der Waals surface area contributed by atoms with E-state index in [2.05, 4.69) is 9.97 Å². The maximum atomic E-state index is 14.7. The minimum atomic E-state index is -3.36. The van der Waals surface area contributed by atoms with Crippen LogP contribution in [0.1, 0.15) is 18.4 Å². The van der Waals surface area contributed by atoms with Gasteiger partial charge in [-0.15, -0.1) is 0 Å². The topological polar surface area (TPSA) is 87.6 Å². The highest BCUT2D eigenvalue weighted by molar-refractivity contribution is 5.81. The molecule has 0 bridgehead atoms. The Labute approximate surface area is 175 Å². The number of hydrogen-bond acceptors (Lipinski definition) is 5. The van der Waals surface area contributed by atoms with E-state index in [9.17, 15) is 18.3 Å². The summed E-state index contributed by atoms with van der Waals surface area (Å²) in [6.07, 6.45) is -1.33. The number of fused-ring (bicyclic) bond motifs is 1. The maximum Gasteiger partial charge on any atom is 0.314 e. The van der Waals surface area contributed by atoms with Crippen LogP contribution in [0.3, 0.4) is 0 Å². The molecule has 164 valence electrons. The van der Waals surface area contributed by atoms with Crippen molar-refractivity contribution in [3.8, 4) is 17.1 Å². The molecule has 1 aliphatic heterocycles. The van der Waals surface area contributed by atoms with E-state index in [1.165, 1.54) is 12.1 Å². The predicted molar refractivity (Wildman–Crippen MR) is 106 cm³/mol. The van der Waals surface area contributed by atoms with E-state index < -0.39 is 30.6 Å². The van der Waals surface area contributed by atoms with Gasteiger partial charge in [0.2, 0.25) is 0 Å². The second kappa shape index (κ2) is 7.22. The summed E-state index contributed by atoms with van der Waals surface area (Å²) in [7, 11) is 0. The van der Waals surface area contributed by atoms with Crippen molar-refractivity contribution in [2.75, 3.05) is 19.8 Å². The summed E-state index contributed by atoms with van der Waals surface area (Å²) in [6.45, 7) is -1.10. The summed E-state index contributed by atoms with van der Waals surface area (Å²) in [6, 6.07) is 9.94. The molecular weight excluding hydrogens is 413 g/mol. The highest BCUT2D eigenvalue weighted by Gasteiger charge is 2.55. The van der Waals surface area contributed by atoms with Gasteiger partial charge < -0.3 is 24.7 Å². The number of pyridine rings is 1. The third kappa shape index (κ3) is 3.37. The number of H-pyrrole nitrogens is 1. The Hall–Kier alpha value is -2.62. The molecule has 2 fully saturated rings. The van der Waals surface area contributed by atoms with Gasteiger partial charge in [-0.25, -0.2) is 9.37 Å². The Morgan fingerprint density at radius 1 is 1.16 bits per heavy atom. The molecule has 2 aromatic heterocycles. The lowest BCUT2D eigenvalue weighted by molar-refractivity contribution is -0.118. The number of nitrogens with one attached hydrogen (secondary N) is 1. The average molecular weight is 434 g/mol. The molecule has 0 unspecified atom stereocenters. The van der Waals surface area contributed by atoms with Gasteiger partial charge >= 0.3 is 5.92 Å². The summed E-state index contributed by atoms with van der Waals surface area (Å²) in [4.78, 5) is 7.09. The molecule has 3 heterocycles. The van der Waals surface area contributed by atoms with Crippen molar-refractivity contribution in [1.29, 1.82) is 0 Å². The van der Waals surface area contributed by atoms with Crippen molar-refractivity contribution in [2.45, 2.75) is 36.4 Å². The van der Waals surface area contributed by atoms with Gasteiger partial charge in [-0.1, -0.05) is 24.3 Å². The lowest BCUT2D eigenvalue weighted by Gasteiger charge is -2.21. The lowest BCUT2D eigenvalue weighted by Crippen LogP contribution is -2.43. The van der Waals surface area contributed by atoms with Crippen LogP contribution >= 0.6 is 0 Å². The van der Waals surface area contributed by atoms with Crippen LogP contribution in [0.2, 0.25) is 0 Å². The largest absolute Gasteiger partial charge is 0.467 e. The minimum absolute atomic E-state index is 0.0138. The molecule has 6 nitrogen and oxygen atoms in total. The molecule has 2 atom stereocenters. The molecule has 3 N–H and O–H groups in total. The lowest BCUT2D eigenvalue weighted by atomic mass is 9.95. The number of alkyl halides is 2. The number of nitrogens with zero attached hydrogens (tertiary/aromatic N) is 1. The van der Waals surface area contributed by atoms with Gasteiger partial charge in [0.15, 0.2) is 17.8 Å². The van der Waals surface area contributed by atoms with E-state index >= 15 is 0 Å². The summed E-state index contributed by atoms with van der Waals surface area (Å²) in [5, 5.41) is 18.6. The van der Waals surface area contributed by atoms with Crippen LogP contribution < -0.4 is 4.74 Å². The van der Waals surface area contributed by atoms with E-state index in [-0.39, 0.29) is 30.2 Å². The molecule has 0 spiro atoms. The Balaban J connectivity index is 1.41. The van der Waals surface area contributed by atoms with Crippen LogP contribution in [0.4, 0.5) is 13.2 Å². The Morgan fingerprint density at radius 3 is 2.52 bits per heavy atom. The molecule has 5 rings (SSSR count). The highest BCUT2D eigenvalue weighted by atomic mass is 19.3. The quantitative estimate of drug-likeness (QED) is 0.555. The molecule has 3 aromatic rings. The van der Waals surface area contributed by atoms with Gasteiger partial charge in [-0.2, -0.15) is 8.78 Å². The molecule has 31 heavy (non-hydrogen) atoms. The van der Waals surface area contributed by atoms with Gasteiger partial charge in [0.25, 0.3) is 0 Å². The number of aromatic amines is 1. The first-order valence-corrected chi connectivity index (χ1v) is 10.0. The maximum absolute atomic E-state index is 14.7. The van der Waals surface area contributed by atoms with Crippen molar-refractivity contribution in [2.24, 2.45) is 0 Å². The van der Waals surface area contributed by atoms with Crippen LogP contribution in [0.25, 0.3) is 22.3 Å².